The molecule has 0 aliphatic carbocycles. The first-order chi connectivity index (χ1) is 21.4. The number of benzene rings is 2. The summed E-state index contributed by atoms with van der Waals surface area (Å²) in [4.78, 5) is 21.8. The molecule has 0 saturated carbocycles. The molecule has 0 spiro atoms. The van der Waals surface area contributed by atoms with E-state index in [1.807, 2.05) is 84.7 Å². The summed E-state index contributed by atoms with van der Waals surface area (Å²) in [6, 6.07) is 20.7. The zero-order chi connectivity index (χ0) is 30.3. The maximum atomic E-state index is 12.5. The molecule has 2 aromatic carbocycles. The predicted molar refractivity (Wildman–Crippen MR) is 174 cm³/mol. The molecule has 0 unspecified atom stereocenters. The van der Waals surface area contributed by atoms with Crippen LogP contribution in [-0.4, -0.2) is 59.1 Å². The molecular weight excluding hydrogens is 570 g/mol. The van der Waals surface area contributed by atoms with E-state index in [4.69, 9.17) is 4.98 Å². The molecule has 11 heteroatoms. The molecule has 0 bridgehead atoms. The maximum absolute atomic E-state index is 12.5. The monoisotopic (exact) mass is 601 g/mol. The fourth-order valence-corrected chi connectivity index (χ4v) is 6.82. The van der Waals surface area contributed by atoms with E-state index in [9.17, 15) is 10.1 Å². The van der Waals surface area contributed by atoms with Crippen LogP contribution in [0.5, 0.6) is 0 Å². The van der Waals surface area contributed by atoms with Crippen molar-refractivity contribution < 1.29 is 4.79 Å². The molecule has 1 saturated heterocycles. The van der Waals surface area contributed by atoms with Gasteiger partial charge in [-0.3, -0.25) is 18.7 Å². The van der Waals surface area contributed by atoms with Gasteiger partial charge in [-0.2, -0.15) is 17.0 Å². The number of hydrogen-bond donors (Lipinski definition) is 2. The van der Waals surface area contributed by atoms with Gasteiger partial charge in [-0.25, -0.2) is 4.98 Å². The van der Waals surface area contributed by atoms with Gasteiger partial charge in [0.25, 0.3) is 0 Å². The maximum Gasteiger partial charge on any atom is 0.241 e. The van der Waals surface area contributed by atoms with Crippen LogP contribution in [0.3, 0.4) is 0 Å². The molecule has 5 heterocycles. The zero-order valence-corrected chi connectivity index (χ0v) is 25.3. The molecule has 1 amide bonds. The van der Waals surface area contributed by atoms with Crippen LogP contribution in [0.1, 0.15) is 32.3 Å². The van der Waals surface area contributed by atoms with Gasteiger partial charge in [0.1, 0.15) is 12.1 Å². The number of hydrogen-bond acceptors (Lipinski definition) is 8. The quantitative estimate of drug-likeness (QED) is 0.245. The largest absolute Gasteiger partial charge is 0.310 e. The number of nitrogens with zero attached hydrogens (tertiary/aromatic N) is 7. The summed E-state index contributed by atoms with van der Waals surface area (Å²) in [6.45, 7) is 4.10. The van der Waals surface area contributed by atoms with Gasteiger partial charge in [-0.1, -0.05) is 18.2 Å². The highest BCUT2D eigenvalue weighted by Crippen LogP contribution is 2.33. The molecular formula is C33H31N9OS. The number of carbonyl (C=O) groups is 1. The molecule has 4 aromatic heterocycles. The van der Waals surface area contributed by atoms with Crippen molar-refractivity contribution >= 4 is 51.2 Å². The summed E-state index contributed by atoms with van der Waals surface area (Å²) in [6.07, 6.45) is 7.51. The van der Waals surface area contributed by atoms with Crippen molar-refractivity contribution in [1.82, 2.24) is 34.4 Å². The minimum Gasteiger partial charge on any atom is -0.310 e. The van der Waals surface area contributed by atoms with Gasteiger partial charge >= 0.3 is 0 Å². The second kappa shape index (κ2) is 11.4. The number of aromatic nitrogens is 6. The normalized spacial score (nSPS) is 14.3. The van der Waals surface area contributed by atoms with Gasteiger partial charge in [-0.05, 0) is 85.7 Å². The van der Waals surface area contributed by atoms with Gasteiger partial charge in [0.05, 0.1) is 40.8 Å². The molecule has 0 atom stereocenters. The number of fused-ring (bicyclic) bond motifs is 5. The van der Waals surface area contributed by atoms with Crippen LogP contribution in [-0.2, 0) is 10.2 Å². The topological polar surface area (TPSA) is 126 Å². The van der Waals surface area contributed by atoms with Crippen LogP contribution in [0, 0.1) is 11.3 Å². The van der Waals surface area contributed by atoms with Crippen molar-refractivity contribution in [2.24, 2.45) is 0 Å². The predicted octanol–water partition coefficient (Wildman–Crippen LogP) is 5.51. The number of nitriles is 1. The molecule has 220 valence electrons. The van der Waals surface area contributed by atoms with Crippen LogP contribution in [0.4, 0.5) is 5.82 Å². The third-order valence-electron chi connectivity index (χ3n) is 8.30. The SMILES string of the molecule is CC(C)(C#N)c1ccc(-n2c3c4cc(-c5ccc(NC(=O)CNC6CCSCC6)nc5)ccc4ncc3n3cnnc23)cc1. The average molecular weight is 602 g/mol. The number of imidazole rings is 1. The van der Waals surface area contributed by atoms with Crippen molar-refractivity contribution in [3.05, 3.63) is 78.9 Å². The molecule has 7 rings (SSSR count). The third kappa shape index (κ3) is 5.16. The summed E-state index contributed by atoms with van der Waals surface area (Å²) >= 11 is 1.97. The highest BCUT2D eigenvalue weighted by atomic mass is 32.2. The summed E-state index contributed by atoms with van der Waals surface area (Å²) in [7, 11) is 0. The number of amides is 1. The van der Waals surface area contributed by atoms with Crippen LogP contribution < -0.4 is 10.6 Å². The number of anilines is 1. The zero-order valence-electron chi connectivity index (χ0n) is 24.5. The van der Waals surface area contributed by atoms with Crippen molar-refractivity contribution in [2.45, 2.75) is 38.1 Å². The minimum absolute atomic E-state index is 0.0906. The highest BCUT2D eigenvalue weighted by Gasteiger charge is 2.22. The lowest BCUT2D eigenvalue weighted by molar-refractivity contribution is -0.115. The molecule has 6 aromatic rings. The second-order valence-electron chi connectivity index (χ2n) is 11.6. The van der Waals surface area contributed by atoms with E-state index in [0.29, 0.717) is 17.6 Å². The molecule has 1 aliphatic heterocycles. The number of rotatable bonds is 7. The first-order valence-corrected chi connectivity index (χ1v) is 15.8. The van der Waals surface area contributed by atoms with E-state index < -0.39 is 5.41 Å². The van der Waals surface area contributed by atoms with Gasteiger partial charge < -0.3 is 10.6 Å². The van der Waals surface area contributed by atoms with E-state index in [0.717, 1.165) is 68.7 Å². The Balaban J connectivity index is 1.21. The van der Waals surface area contributed by atoms with E-state index in [-0.39, 0.29) is 12.5 Å². The molecule has 10 nitrogen and oxygen atoms in total. The van der Waals surface area contributed by atoms with E-state index in [2.05, 4.69) is 42.5 Å². The summed E-state index contributed by atoms with van der Waals surface area (Å²) in [5.41, 5.74) is 5.84. The van der Waals surface area contributed by atoms with Crippen molar-refractivity contribution in [3.63, 3.8) is 0 Å². The van der Waals surface area contributed by atoms with Crippen LogP contribution >= 0.6 is 11.8 Å². The highest BCUT2D eigenvalue weighted by molar-refractivity contribution is 7.99. The Kier molecular flexibility index (Phi) is 7.24. The van der Waals surface area contributed by atoms with Gasteiger partial charge in [0.2, 0.25) is 11.7 Å². The van der Waals surface area contributed by atoms with Crippen LogP contribution in [0.15, 0.2) is 73.3 Å². The van der Waals surface area contributed by atoms with Crippen LogP contribution in [0.25, 0.3) is 44.5 Å². The van der Waals surface area contributed by atoms with Gasteiger partial charge in [0.15, 0.2) is 0 Å². The molecule has 2 N–H and O–H groups in total. The number of pyridine rings is 2. The molecule has 0 radical (unpaired) electrons. The van der Waals surface area contributed by atoms with Crippen molar-refractivity contribution in [2.75, 3.05) is 23.4 Å². The molecule has 1 aliphatic rings. The van der Waals surface area contributed by atoms with Crippen molar-refractivity contribution in [3.8, 4) is 22.9 Å². The summed E-state index contributed by atoms with van der Waals surface area (Å²) in [5, 5.41) is 25.4. The standard InChI is InChI=1S/C33H31N9OS/c1-33(2,19-34)23-5-7-25(8-6-23)42-31-26-15-21(3-9-27(26)36-17-28(31)41-20-38-40-32(41)42)22-4-10-29(37-16-22)39-30(43)18-35-24-11-13-44-14-12-24/h3-10,15-17,20,24,35H,11-14,18H2,1-2H3,(H,37,39,43). The summed E-state index contributed by atoms with van der Waals surface area (Å²) < 4.78 is 4.01. The lowest BCUT2D eigenvalue weighted by Crippen LogP contribution is -2.38. The molecule has 1 fully saturated rings. The number of carbonyl (C=O) groups excluding carboxylic acids is 1. The Morgan fingerprint density at radius 2 is 1.84 bits per heavy atom. The fourth-order valence-electron chi connectivity index (χ4n) is 5.71. The number of nitrogens with one attached hydrogen (secondary N) is 2. The van der Waals surface area contributed by atoms with Gasteiger partial charge in [0, 0.05) is 28.9 Å². The van der Waals surface area contributed by atoms with E-state index in [1.165, 1.54) is 0 Å². The minimum atomic E-state index is -0.593. The van der Waals surface area contributed by atoms with E-state index in [1.54, 1.807) is 12.5 Å². The average Bonchev–Trinajstić information content (AvgIpc) is 3.66. The Labute approximate surface area is 258 Å². The first kappa shape index (κ1) is 28.0. The smallest absolute Gasteiger partial charge is 0.241 e. The third-order valence-corrected chi connectivity index (χ3v) is 9.35. The first-order valence-electron chi connectivity index (χ1n) is 14.6. The van der Waals surface area contributed by atoms with Crippen LogP contribution in [0.2, 0.25) is 0 Å². The van der Waals surface area contributed by atoms with Gasteiger partial charge in [-0.15, -0.1) is 10.2 Å². The Hall–Kier alpha value is -4.79. The second-order valence-corrected chi connectivity index (χ2v) is 12.8. The molecule has 44 heavy (non-hydrogen) atoms. The van der Waals surface area contributed by atoms with Crippen molar-refractivity contribution in [1.29, 1.82) is 5.26 Å². The fraction of sp³-hybridized carbons (Fsp3) is 0.273. The number of thioether (sulfide) groups is 1. The lowest BCUT2D eigenvalue weighted by Gasteiger charge is -2.22. The lowest BCUT2D eigenvalue weighted by atomic mass is 9.86. The Morgan fingerprint density at radius 1 is 1.05 bits per heavy atom. The Morgan fingerprint density at radius 3 is 2.59 bits per heavy atom. The Bertz CT molecular complexity index is 2030. The van der Waals surface area contributed by atoms with E-state index >= 15 is 0 Å². The summed E-state index contributed by atoms with van der Waals surface area (Å²) in [5.74, 6) is 3.39.